The number of hydrogen-bond acceptors (Lipinski definition) is 4. The van der Waals surface area contributed by atoms with Gasteiger partial charge in [-0.05, 0) is 69.0 Å². The maximum atomic E-state index is 13.2. The lowest BCUT2D eigenvalue weighted by atomic mass is 10.1. The Morgan fingerprint density at radius 2 is 1.97 bits per heavy atom. The molecule has 2 aliphatic heterocycles. The molecule has 0 unspecified atom stereocenters. The van der Waals surface area contributed by atoms with Gasteiger partial charge in [0.25, 0.3) is 15.9 Å². The molecular formula is C22H26N2O4S. The van der Waals surface area contributed by atoms with E-state index in [1.165, 1.54) is 4.31 Å². The Balaban J connectivity index is 1.56. The van der Waals surface area contributed by atoms with Gasteiger partial charge in [-0.1, -0.05) is 17.7 Å². The SMILES string of the molecule is Cc1ccc(S(=O)(=O)N2c3ccc(C(=O)NC[C@@H]4CCCO4)cc3C[C@@H]2C)cc1. The van der Waals surface area contributed by atoms with Crippen LogP contribution in [-0.2, 0) is 21.2 Å². The average Bonchev–Trinajstić information content (AvgIpc) is 3.32. The highest BCUT2D eigenvalue weighted by Gasteiger charge is 2.36. The van der Waals surface area contributed by atoms with Gasteiger partial charge in [0, 0.05) is 24.8 Å². The Bertz CT molecular complexity index is 1010. The lowest BCUT2D eigenvalue weighted by Crippen LogP contribution is -2.35. The van der Waals surface area contributed by atoms with Gasteiger partial charge in [-0.2, -0.15) is 0 Å². The number of hydrogen-bond donors (Lipinski definition) is 1. The summed E-state index contributed by atoms with van der Waals surface area (Å²) < 4.78 is 33.5. The molecule has 1 saturated heterocycles. The van der Waals surface area contributed by atoms with Crippen molar-refractivity contribution < 1.29 is 17.9 Å². The third-order valence-corrected chi connectivity index (χ3v) is 7.53. The normalized spacial score (nSPS) is 21.2. The molecule has 6 nitrogen and oxygen atoms in total. The van der Waals surface area contributed by atoms with Crippen LogP contribution in [0.15, 0.2) is 47.4 Å². The van der Waals surface area contributed by atoms with E-state index < -0.39 is 10.0 Å². The highest BCUT2D eigenvalue weighted by Crippen LogP contribution is 2.37. The summed E-state index contributed by atoms with van der Waals surface area (Å²) in [7, 11) is -3.66. The highest BCUT2D eigenvalue weighted by molar-refractivity contribution is 7.92. The molecule has 154 valence electrons. The number of fused-ring (bicyclic) bond motifs is 1. The first-order valence-corrected chi connectivity index (χ1v) is 11.4. The van der Waals surface area contributed by atoms with Crippen LogP contribution in [0.5, 0.6) is 0 Å². The molecule has 4 rings (SSSR count). The monoisotopic (exact) mass is 414 g/mol. The molecule has 0 saturated carbocycles. The molecule has 0 spiro atoms. The molecule has 2 aromatic carbocycles. The summed E-state index contributed by atoms with van der Waals surface area (Å²) in [5, 5.41) is 2.92. The molecule has 0 aliphatic carbocycles. The number of carbonyl (C=O) groups is 1. The number of benzene rings is 2. The van der Waals surface area contributed by atoms with Crippen molar-refractivity contribution in [1.82, 2.24) is 5.32 Å². The number of amides is 1. The second kappa shape index (κ2) is 7.80. The number of nitrogens with one attached hydrogen (secondary N) is 1. The van der Waals surface area contributed by atoms with Crippen molar-refractivity contribution in [3.05, 3.63) is 59.2 Å². The summed E-state index contributed by atoms with van der Waals surface area (Å²) in [6, 6.07) is 11.9. The van der Waals surface area contributed by atoms with E-state index in [4.69, 9.17) is 4.74 Å². The number of anilines is 1. The third kappa shape index (κ3) is 3.89. The maximum Gasteiger partial charge on any atom is 0.264 e. The van der Waals surface area contributed by atoms with E-state index in [-0.39, 0.29) is 22.9 Å². The minimum Gasteiger partial charge on any atom is -0.376 e. The van der Waals surface area contributed by atoms with E-state index in [2.05, 4.69) is 5.32 Å². The molecule has 2 aliphatic rings. The van der Waals surface area contributed by atoms with E-state index in [9.17, 15) is 13.2 Å². The van der Waals surface area contributed by atoms with Crippen molar-refractivity contribution >= 4 is 21.6 Å². The number of aryl methyl sites for hydroxylation is 1. The van der Waals surface area contributed by atoms with Gasteiger partial charge in [-0.3, -0.25) is 9.10 Å². The molecule has 0 radical (unpaired) electrons. The van der Waals surface area contributed by atoms with Gasteiger partial charge in [0.1, 0.15) is 0 Å². The Labute approximate surface area is 171 Å². The van der Waals surface area contributed by atoms with Crippen LogP contribution in [0, 0.1) is 6.92 Å². The fraction of sp³-hybridized carbons (Fsp3) is 0.409. The van der Waals surface area contributed by atoms with E-state index >= 15 is 0 Å². The number of ether oxygens (including phenoxy) is 1. The smallest absolute Gasteiger partial charge is 0.264 e. The van der Waals surface area contributed by atoms with Gasteiger partial charge in [-0.15, -0.1) is 0 Å². The van der Waals surface area contributed by atoms with E-state index in [1.807, 2.05) is 13.8 Å². The van der Waals surface area contributed by atoms with Crippen LogP contribution in [0.4, 0.5) is 5.69 Å². The Morgan fingerprint density at radius 1 is 1.21 bits per heavy atom. The summed E-state index contributed by atoms with van der Waals surface area (Å²) in [5.74, 6) is -0.157. The number of rotatable bonds is 5. The van der Waals surface area contributed by atoms with Crippen LogP contribution in [0.3, 0.4) is 0 Å². The van der Waals surface area contributed by atoms with Crippen molar-refractivity contribution in [2.24, 2.45) is 0 Å². The van der Waals surface area contributed by atoms with Gasteiger partial charge in [0.15, 0.2) is 0 Å². The van der Waals surface area contributed by atoms with Gasteiger partial charge in [0.2, 0.25) is 0 Å². The number of nitrogens with zero attached hydrogens (tertiary/aromatic N) is 1. The second-order valence-corrected chi connectivity index (χ2v) is 9.67. The van der Waals surface area contributed by atoms with E-state index in [1.54, 1.807) is 42.5 Å². The predicted octanol–water partition coefficient (Wildman–Crippen LogP) is 3.04. The first-order chi connectivity index (χ1) is 13.9. The van der Waals surface area contributed by atoms with E-state index in [0.717, 1.165) is 30.6 Å². The molecule has 1 amide bonds. The minimum absolute atomic E-state index is 0.0866. The fourth-order valence-electron chi connectivity index (χ4n) is 4.05. The van der Waals surface area contributed by atoms with Crippen LogP contribution in [0.25, 0.3) is 0 Å². The molecule has 7 heteroatoms. The molecule has 2 heterocycles. The molecule has 2 atom stereocenters. The summed E-state index contributed by atoms with van der Waals surface area (Å²) in [5.41, 5.74) is 3.08. The zero-order chi connectivity index (χ0) is 20.6. The first-order valence-electron chi connectivity index (χ1n) is 10.00. The Kier molecular flexibility index (Phi) is 5.36. The highest BCUT2D eigenvalue weighted by atomic mass is 32.2. The van der Waals surface area contributed by atoms with Crippen LogP contribution >= 0.6 is 0 Å². The van der Waals surface area contributed by atoms with Crippen LogP contribution in [0.1, 0.15) is 41.3 Å². The Hall–Kier alpha value is -2.38. The molecule has 1 fully saturated rings. The largest absolute Gasteiger partial charge is 0.376 e. The summed E-state index contributed by atoms with van der Waals surface area (Å²) in [6.07, 6.45) is 2.66. The lowest BCUT2D eigenvalue weighted by Gasteiger charge is -2.24. The number of carbonyl (C=O) groups excluding carboxylic acids is 1. The third-order valence-electron chi connectivity index (χ3n) is 5.59. The standard InChI is InChI=1S/C22H26N2O4S/c1-15-5-8-20(9-6-15)29(26,27)24-16(2)12-18-13-17(7-10-21(18)24)22(25)23-14-19-4-3-11-28-19/h5-10,13,16,19H,3-4,11-12,14H2,1-2H3,(H,23,25)/t16-,19-/m0/s1. The van der Waals surface area contributed by atoms with Gasteiger partial charge in [-0.25, -0.2) is 8.42 Å². The Morgan fingerprint density at radius 3 is 2.66 bits per heavy atom. The van der Waals surface area contributed by atoms with Gasteiger partial charge < -0.3 is 10.1 Å². The van der Waals surface area contributed by atoms with Crippen molar-refractivity contribution in [3.8, 4) is 0 Å². The van der Waals surface area contributed by atoms with Crippen molar-refractivity contribution in [2.45, 2.75) is 50.2 Å². The molecule has 1 N–H and O–H groups in total. The average molecular weight is 415 g/mol. The quantitative estimate of drug-likeness (QED) is 0.816. The van der Waals surface area contributed by atoms with Crippen molar-refractivity contribution in [1.29, 1.82) is 0 Å². The van der Waals surface area contributed by atoms with Crippen LogP contribution < -0.4 is 9.62 Å². The lowest BCUT2D eigenvalue weighted by molar-refractivity contribution is 0.0857. The fourth-order valence-corrected chi connectivity index (χ4v) is 5.74. The zero-order valence-corrected chi connectivity index (χ0v) is 17.5. The first kappa shape index (κ1) is 19.9. The van der Waals surface area contributed by atoms with Gasteiger partial charge in [0.05, 0.1) is 16.7 Å². The molecule has 0 aromatic heterocycles. The van der Waals surface area contributed by atoms with Crippen LogP contribution in [0.2, 0.25) is 0 Å². The summed E-state index contributed by atoms with van der Waals surface area (Å²) >= 11 is 0. The second-order valence-electron chi connectivity index (χ2n) is 7.86. The van der Waals surface area contributed by atoms with Gasteiger partial charge >= 0.3 is 0 Å². The van der Waals surface area contributed by atoms with E-state index in [0.29, 0.717) is 24.2 Å². The van der Waals surface area contributed by atoms with Crippen LogP contribution in [-0.4, -0.2) is 39.6 Å². The zero-order valence-electron chi connectivity index (χ0n) is 16.7. The maximum absolute atomic E-state index is 13.2. The summed E-state index contributed by atoms with van der Waals surface area (Å²) in [4.78, 5) is 12.8. The predicted molar refractivity (Wildman–Crippen MR) is 112 cm³/mol. The topological polar surface area (TPSA) is 75.7 Å². The number of sulfonamides is 1. The molecule has 29 heavy (non-hydrogen) atoms. The molecule has 0 bridgehead atoms. The molecule has 2 aromatic rings. The van der Waals surface area contributed by atoms with Crippen molar-refractivity contribution in [2.75, 3.05) is 17.5 Å². The minimum atomic E-state index is -3.66. The summed E-state index contributed by atoms with van der Waals surface area (Å²) in [6.45, 7) is 5.07. The van der Waals surface area contributed by atoms with Crippen molar-refractivity contribution in [3.63, 3.8) is 0 Å². The molecular weight excluding hydrogens is 388 g/mol.